The lowest BCUT2D eigenvalue weighted by atomic mass is 10.1. The van der Waals surface area contributed by atoms with Gasteiger partial charge in [0.2, 0.25) is 0 Å². The Morgan fingerprint density at radius 1 is 1.07 bits per heavy atom. The molecule has 3 heterocycles. The molecule has 0 spiro atoms. The summed E-state index contributed by atoms with van der Waals surface area (Å²) in [5.74, 6) is 0.746. The van der Waals surface area contributed by atoms with Crippen LogP contribution in [0.1, 0.15) is 23.4 Å². The van der Waals surface area contributed by atoms with Crippen LogP contribution in [0.2, 0.25) is 0 Å². The number of aromatic nitrogens is 6. The lowest BCUT2D eigenvalue weighted by Crippen LogP contribution is -2.06. The normalized spacial score (nSPS) is 11.2. The number of nitrogens with one attached hydrogen (secondary N) is 2. The van der Waals surface area contributed by atoms with E-state index in [1.165, 1.54) is 30.6 Å². The number of anilines is 2. The zero-order valence-corrected chi connectivity index (χ0v) is 15.5. The van der Waals surface area contributed by atoms with Crippen LogP contribution in [0.4, 0.5) is 24.8 Å². The summed E-state index contributed by atoms with van der Waals surface area (Å²) in [5.41, 5.74) is 2.51. The molecular weight excluding hydrogens is 383 g/mol. The molecule has 148 valence electrons. The van der Waals surface area contributed by atoms with E-state index in [9.17, 15) is 13.2 Å². The number of halogens is 3. The Kier molecular flexibility index (Phi) is 4.75. The fourth-order valence-electron chi connectivity index (χ4n) is 2.93. The summed E-state index contributed by atoms with van der Waals surface area (Å²) in [7, 11) is 0. The standard InChI is InChI=1S/C19H16F3N7/c1-10-7-14(18(21)22)29(28-10)16-8-15(23-9-24-16)25-19-11(2)17(26-27-19)12-3-5-13(20)6-4-12/h3-9,18H,1-2H3,(H2,23,24,25,26,27). The summed E-state index contributed by atoms with van der Waals surface area (Å²) in [6, 6.07) is 8.84. The Morgan fingerprint density at radius 3 is 2.55 bits per heavy atom. The van der Waals surface area contributed by atoms with E-state index in [0.29, 0.717) is 17.3 Å². The molecule has 0 fully saturated rings. The highest BCUT2D eigenvalue weighted by atomic mass is 19.3. The Labute approximate surface area is 163 Å². The van der Waals surface area contributed by atoms with Gasteiger partial charge in [0, 0.05) is 17.2 Å². The first kappa shape index (κ1) is 18.7. The maximum absolute atomic E-state index is 13.3. The van der Waals surface area contributed by atoms with Crippen LogP contribution in [0.15, 0.2) is 42.7 Å². The van der Waals surface area contributed by atoms with Gasteiger partial charge in [0.25, 0.3) is 6.43 Å². The van der Waals surface area contributed by atoms with Gasteiger partial charge in [0.15, 0.2) is 11.6 Å². The maximum Gasteiger partial charge on any atom is 0.280 e. The molecule has 0 saturated carbocycles. The van der Waals surface area contributed by atoms with Crippen molar-refractivity contribution in [2.24, 2.45) is 0 Å². The number of aryl methyl sites for hydroxylation is 1. The average molecular weight is 399 g/mol. The monoisotopic (exact) mass is 399 g/mol. The Morgan fingerprint density at radius 2 is 1.83 bits per heavy atom. The minimum absolute atomic E-state index is 0.206. The minimum atomic E-state index is -2.69. The summed E-state index contributed by atoms with van der Waals surface area (Å²) < 4.78 is 40.8. The molecule has 0 bridgehead atoms. The molecule has 0 radical (unpaired) electrons. The number of aromatic amines is 1. The number of benzene rings is 1. The predicted octanol–water partition coefficient (Wildman–Crippen LogP) is 4.49. The highest BCUT2D eigenvalue weighted by Gasteiger charge is 2.18. The van der Waals surface area contributed by atoms with Crippen LogP contribution in [-0.4, -0.2) is 29.9 Å². The molecular formula is C19H16F3N7. The lowest BCUT2D eigenvalue weighted by Gasteiger charge is -2.08. The maximum atomic E-state index is 13.3. The number of alkyl halides is 2. The molecule has 29 heavy (non-hydrogen) atoms. The van der Waals surface area contributed by atoms with Gasteiger partial charge < -0.3 is 5.32 Å². The van der Waals surface area contributed by atoms with Crippen LogP contribution >= 0.6 is 0 Å². The number of nitrogens with zero attached hydrogens (tertiary/aromatic N) is 5. The zero-order valence-electron chi connectivity index (χ0n) is 15.5. The van der Waals surface area contributed by atoms with Crippen molar-refractivity contribution >= 4 is 11.6 Å². The topological polar surface area (TPSA) is 84.3 Å². The molecule has 2 N–H and O–H groups in total. The average Bonchev–Trinajstić information content (AvgIpc) is 3.26. The molecule has 0 atom stereocenters. The molecule has 4 aromatic rings. The second-order valence-corrected chi connectivity index (χ2v) is 6.39. The third-order valence-corrected chi connectivity index (χ3v) is 4.34. The first-order chi connectivity index (χ1) is 13.9. The predicted molar refractivity (Wildman–Crippen MR) is 101 cm³/mol. The van der Waals surface area contributed by atoms with Crippen molar-refractivity contribution in [3.05, 3.63) is 65.5 Å². The third-order valence-electron chi connectivity index (χ3n) is 4.34. The molecule has 0 amide bonds. The molecule has 0 saturated heterocycles. The van der Waals surface area contributed by atoms with Gasteiger partial charge >= 0.3 is 0 Å². The minimum Gasteiger partial charge on any atom is -0.323 e. The van der Waals surface area contributed by atoms with Gasteiger partial charge in [0.05, 0.1) is 11.4 Å². The summed E-state index contributed by atoms with van der Waals surface area (Å²) in [5, 5.41) is 14.3. The fourth-order valence-corrected chi connectivity index (χ4v) is 2.93. The van der Waals surface area contributed by atoms with Gasteiger partial charge in [-0.1, -0.05) is 0 Å². The van der Waals surface area contributed by atoms with Crippen LogP contribution in [0.3, 0.4) is 0 Å². The van der Waals surface area contributed by atoms with Gasteiger partial charge in [-0.2, -0.15) is 10.2 Å². The highest BCUT2D eigenvalue weighted by Crippen LogP contribution is 2.28. The van der Waals surface area contributed by atoms with E-state index in [0.717, 1.165) is 21.5 Å². The van der Waals surface area contributed by atoms with Crippen LogP contribution < -0.4 is 5.32 Å². The van der Waals surface area contributed by atoms with E-state index in [-0.39, 0.29) is 17.3 Å². The quantitative estimate of drug-likeness (QED) is 0.517. The van der Waals surface area contributed by atoms with Crippen LogP contribution in [0.5, 0.6) is 0 Å². The SMILES string of the molecule is Cc1cc(C(F)F)n(-c2cc(Nc3n[nH]c(-c4ccc(F)cc4)c3C)ncn2)n1. The molecule has 0 aliphatic carbocycles. The molecule has 10 heteroatoms. The van der Waals surface area contributed by atoms with E-state index >= 15 is 0 Å². The van der Waals surface area contributed by atoms with Gasteiger partial charge in [0.1, 0.15) is 23.7 Å². The Balaban J connectivity index is 1.63. The van der Waals surface area contributed by atoms with E-state index in [1.807, 2.05) is 6.92 Å². The van der Waals surface area contributed by atoms with E-state index in [2.05, 4.69) is 30.6 Å². The molecule has 3 aromatic heterocycles. The van der Waals surface area contributed by atoms with Crippen molar-refractivity contribution in [2.45, 2.75) is 20.3 Å². The van der Waals surface area contributed by atoms with E-state index < -0.39 is 6.43 Å². The Bertz CT molecular complexity index is 1150. The molecule has 0 aliphatic rings. The number of H-pyrrole nitrogens is 1. The van der Waals surface area contributed by atoms with Crippen molar-refractivity contribution in [1.29, 1.82) is 0 Å². The van der Waals surface area contributed by atoms with Crippen molar-refractivity contribution in [1.82, 2.24) is 29.9 Å². The summed E-state index contributed by atoms with van der Waals surface area (Å²) in [6.45, 7) is 3.48. The molecule has 0 unspecified atom stereocenters. The van der Waals surface area contributed by atoms with Crippen molar-refractivity contribution in [2.75, 3.05) is 5.32 Å². The van der Waals surface area contributed by atoms with Gasteiger partial charge in [-0.15, -0.1) is 0 Å². The van der Waals surface area contributed by atoms with Gasteiger partial charge in [-0.25, -0.2) is 27.8 Å². The van der Waals surface area contributed by atoms with Crippen molar-refractivity contribution in [3.8, 4) is 17.1 Å². The third kappa shape index (κ3) is 3.68. The van der Waals surface area contributed by atoms with E-state index in [1.54, 1.807) is 19.1 Å². The van der Waals surface area contributed by atoms with Gasteiger partial charge in [-0.05, 0) is 44.2 Å². The second-order valence-electron chi connectivity index (χ2n) is 6.39. The number of hydrogen-bond donors (Lipinski definition) is 2. The van der Waals surface area contributed by atoms with E-state index in [4.69, 9.17) is 0 Å². The molecule has 1 aromatic carbocycles. The van der Waals surface area contributed by atoms with Crippen molar-refractivity contribution in [3.63, 3.8) is 0 Å². The largest absolute Gasteiger partial charge is 0.323 e. The number of rotatable bonds is 5. The fraction of sp³-hybridized carbons (Fsp3) is 0.158. The first-order valence-electron chi connectivity index (χ1n) is 8.67. The highest BCUT2D eigenvalue weighted by molar-refractivity contribution is 5.70. The summed E-state index contributed by atoms with van der Waals surface area (Å²) in [4.78, 5) is 8.17. The van der Waals surface area contributed by atoms with Crippen LogP contribution in [0, 0.1) is 19.7 Å². The van der Waals surface area contributed by atoms with Crippen LogP contribution in [0.25, 0.3) is 17.1 Å². The first-order valence-corrected chi connectivity index (χ1v) is 8.67. The zero-order chi connectivity index (χ0) is 20.5. The van der Waals surface area contributed by atoms with Crippen molar-refractivity contribution < 1.29 is 13.2 Å². The van der Waals surface area contributed by atoms with Crippen LogP contribution in [-0.2, 0) is 0 Å². The summed E-state index contributed by atoms with van der Waals surface area (Å²) >= 11 is 0. The van der Waals surface area contributed by atoms with Gasteiger partial charge in [-0.3, -0.25) is 5.10 Å². The molecule has 4 rings (SSSR count). The second kappa shape index (κ2) is 7.38. The smallest absolute Gasteiger partial charge is 0.280 e. The lowest BCUT2D eigenvalue weighted by molar-refractivity contribution is 0.142. The molecule has 7 nitrogen and oxygen atoms in total. The molecule has 0 aliphatic heterocycles. The Hall–Kier alpha value is -3.69. The summed E-state index contributed by atoms with van der Waals surface area (Å²) in [6.07, 6.45) is -1.43. The number of hydrogen-bond acceptors (Lipinski definition) is 5.